The van der Waals surface area contributed by atoms with E-state index in [0.717, 1.165) is 5.56 Å². The van der Waals surface area contributed by atoms with Gasteiger partial charge < -0.3 is 25.3 Å². The fraction of sp³-hybridized carbons (Fsp3) is 0.238. The number of rotatable bonds is 6. The number of nitrogens with zero attached hydrogens (tertiary/aromatic N) is 4. The number of benzene rings is 1. The number of nitrogens with two attached hydrogens (primary N) is 1. The summed E-state index contributed by atoms with van der Waals surface area (Å²) in [6.45, 7) is 1.77. The highest BCUT2D eigenvalue weighted by Gasteiger charge is 2.36. The Labute approximate surface area is 178 Å². The van der Waals surface area contributed by atoms with Gasteiger partial charge in [-0.2, -0.15) is 4.98 Å². The molecule has 0 saturated carbocycles. The molecule has 0 spiro atoms. The van der Waals surface area contributed by atoms with E-state index in [-0.39, 0.29) is 0 Å². The molecular formula is C21H22N6O4. The number of hydrogen-bond donors (Lipinski definition) is 2. The molecule has 0 saturated heterocycles. The number of carbonyl (C=O) groups is 1. The fourth-order valence-corrected chi connectivity index (χ4v) is 3.65. The molecule has 1 unspecified atom stereocenters. The van der Waals surface area contributed by atoms with Gasteiger partial charge in [-0.15, -0.1) is 5.10 Å². The second-order valence-electron chi connectivity index (χ2n) is 6.82. The predicted octanol–water partition coefficient (Wildman–Crippen LogP) is 2.14. The first-order valence-corrected chi connectivity index (χ1v) is 9.43. The van der Waals surface area contributed by atoms with E-state index in [0.29, 0.717) is 45.9 Å². The number of carbonyl (C=O) groups excluding carboxylic acids is 1. The Morgan fingerprint density at radius 2 is 1.71 bits per heavy atom. The molecular weight excluding hydrogens is 400 g/mol. The second-order valence-corrected chi connectivity index (χ2v) is 6.82. The molecule has 1 aliphatic heterocycles. The van der Waals surface area contributed by atoms with Crippen LogP contribution in [-0.2, 0) is 4.79 Å². The van der Waals surface area contributed by atoms with Crippen molar-refractivity contribution in [2.24, 2.45) is 5.73 Å². The zero-order valence-corrected chi connectivity index (χ0v) is 17.5. The zero-order valence-electron chi connectivity index (χ0n) is 17.5. The molecule has 1 aromatic carbocycles. The van der Waals surface area contributed by atoms with Crippen molar-refractivity contribution < 1.29 is 19.0 Å². The van der Waals surface area contributed by atoms with Crippen molar-refractivity contribution in [3.05, 3.63) is 53.5 Å². The van der Waals surface area contributed by atoms with Gasteiger partial charge in [0.25, 0.3) is 0 Å². The van der Waals surface area contributed by atoms with Gasteiger partial charge in [0.15, 0.2) is 17.3 Å². The topological polar surface area (TPSA) is 126 Å². The number of primary amides is 1. The smallest absolute Gasteiger partial charge is 0.248 e. The van der Waals surface area contributed by atoms with Crippen molar-refractivity contribution >= 4 is 11.9 Å². The van der Waals surface area contributed by atoms with Crippen molar-refractivity contribution in [2.45, 2.75) is 13.0 Å². The Balaban J connectivity index is 1.96. The Hall–Kier alpha value is -4.08. The Kier molecular flexibility index (Phi) is 5.20. The molecule has 160 valence electrons. The molecule has 10 nitrogen and oxygen atoms in total. The van der Waals surface area contributed by atoms with E-state index in [2.05, 4.69) is 20.4 Å². The summed E-state index contributed by atoms with van der Waals surface area (Å²) in [6, 6.07) is 6.38. The van der Waals surface area contributed by atoms with Crippen LogP contribution in [0.15, 0.2) is 47.9 Å². The predicted molar refractivity (Wildman–Crippen MR) is 113 cm³/mol. The molecule has 0 bridgehead atoms. The SMILES string of the molecule is COc1cc(OC)c(C2C(C(N)=O)=C(C)Nc3nc(-c4ccncc4)nn32)cc1OC. The van der Waals surface area contributed by atoms with Crippen molar-refractivity contribution in [2.75, 3.05) is 26.6 Å². The lowest BCUT2D eigenvalue weighted by molar-refractivity contribution is -0.115. The minimum absolute atomic E-state index is 0.337. The Bertz CT molecular complexity index is 1170. The number of allylic oxidation sites excluding steroid dienone is 1. The van der Waals surface area contributed by atoms with Crippen LogP contribution in [-0.4, -0.2) is 47.0 Å². The lowest BCUT2D eigenvalue weighted by Gasteiger charge is -2.29. The van der Waals surface area contributed by atoms with E-state index in [9.17, 15) is 4.79 Å². The summed E-state index contributed by atoms with van der Waals surface area (Å²) < 4.78 is 18.1. The molecule has 0 aliphatic carbocycles. The summed E-state index contributed by atoms with van der Waals surface area (Å²) in [7, 11) is 4.61. The minimum atomic E-state index is -0.688. The molecule has 0 radical (unpaired) electrons. The van der Waals surface area contributed by atoms with Gasteiger partial charge in [0, 0.05) is 35.3 Å². The maximum atomic E-state index is 12.5. The minimum Gasteiger partial charge on any atom is -0.496 e. The number of methoxy groups -OCH3 is 3. The number of fused-ring (bicyclic) bond motifs is 1. The first-order chi connectivity index (χ1) is 15.0. The zero-order chi connectivity index (χ0) is 22.1. The lowest BCUT2D eigenvalue weighted by Crippen LogP contribution is -2.32. The van der Waals surface area contributed by atoms with Gasteiger partial charge in [-0.1, -0.05) is 0 Å². The number of hydrogen-bond acceptors (Lipinski definition) is 8. The number of anilines is 1. The maximum Gasteiger partial charge on any atom is 0.248 e. The van der Waals surface area contributed by atoms with Crippen LogP contribution in [0.1, 0.15) is 18.5 Å². The van der Waals surface area contributed by atoms with Gasteiger partial charge in [-0.3, -0.25) is 9.78 Å². The monoisotopic (exact) mass is 422 g/mol. The highest BCUT2D eigenvalue weighted by molar-refractivity contribution is 5.95. The average Bonchev–Trinajstić information content (AvgIpc) is 3.21. The van der Waals surface area contributed by atoms with E-state index >= 15 is 0 Å². The molecule has 4 rings (SSSR count). The maximum absolute atomic E-state index is 12.5. The molecule has 2 aromatic heterocycles. The molecule has 31 heavy (non-hydrogen) atoms. The molecule has 1 atom stereocenters. The normalized spacial score (nSPS) is 15.2. The van der Waals surface area contributed by atoms with Crippen LogP contribution < -0.4 is 25.3 Å². The van der Waals surface area contributed by atoms with E-state index in [1.54, 1.807) is 36.1 Å². The largest absolute Gasteiger partial charge is 0.496 e. The first-order valence-electron chi connectivity index (χ1n) is 9.43. The van der Waals surface area contributed by atoms with Gasteiger partial charge in [0.1, 0.15) is 11.8 Å². The molecule has 3 aromatic rings. The molecule has 1 aliphatic rings. The van der Waals surface area contributed by atoms with Crippen LogP contribution in [0.4, 0.5) is 5.95 Å². The molecule has 10 heteroatoms. The quantitative estimate of drug-likeness (QED) is 0.619. The first kappa shape index (κ1) is 20.2. The molecule has 0 fully saturated rings. The van der Waals surface area contributed by atoms with Crippen molar-refractivity contribution in [1.29, 1.82) is 0 Å². The summed E-state index contributed by atoms with van der Waals surface area (Å²) in [5, 5.41) is 7.79. The summed E-state index contributed by atoms with van der Waals surface area (Å²) in [6.07, 6.45) is 3.33. The summed E-state index contributed by atoms with van der Waals surface area (Å²) in [5.74, 6) is 1.83. The van der Waals surface area contributed by atoms with E-state index < -0.39 is 11.9 Å². The highest BCUT2D eigenvalue weighted by Crippen LogP contribution is 2.44. The van der Waals surface area contributed by atoms with Gasteiger partial charge >= 0.3 is 0 Å². The van der Waals surface area contributed by atoms with Crippen molar-refractivity contribution in [1.82, 2.24) is 19.7 Å². The average molecular weight is 422 g/mol. The van der Waals surface area contributed by atoms with Crippen molar-refractivity contribution in [3.8, 4) is 28.6 Å². The second kappa shape index (κ2) is 7.98. The number of aromatic nitrogens is 4. The third kappa shape index (κ3) is 3.41. The van der Waals surface area contributed by atoms with Crippen molar-refractivity contribution in [3.63, 3.8) is 0 Å². The fourth-order valence-electron chi connectivity index (χ4n) is 3.65. The summed E-state index contributed by atoms with van der Waals surface area (Å²) >= 11 is 0. The Morgan fingerprint density at radius 1 is 1.06 bits per heavy atom. The number of nitrogens with one attached hydrogen (secondary N) is 1. The molecule has 3 N–H and O–H groups in total. The van der Waals surface area contributed by atoms with Gasteiger partial charge in [0.05, 0.1) is 26.9 Å². The van der Waals surface area contributed by atoms with Gasteiger partial charge in [-0.05, 0) is 25.1 Å². The van der Waals surface area contributed by atoms with Crippen LogP contribution >= 0.6 is 0 Å². The van der Waals surface area contributed by atoms with Gasteiger partial charge in [0.2, 0.25) is 11.9 Å². The standard InChI is InChI=1S/C21H22N6O4/c1-11-17(19(22)28)18(13-9-15(30-3)16(31-4)10-14(13)29-2)27-21(24-11)25-20(26-27)12-5-7-23-8-6-12/h5-10,18H,1-4H3,(H2,22,28)(H,24,25,26). The van der Waals surface area contributed by atoms with E-state index in [4.69, 9.17) is 19.9 Å². The van der Waals surface area contributed by atoms with E-state index in [1.807, 2.05) is 12.1 Å². The highest BCUT2D eigenvalue weighted by atomic mass is 16.5. The van der Waals surface area contributed by atoms with Crippen LogP contribution in [0.25, 0.3) is 11.4 Å². The third-order valence-corrected chi connectivity index (χ3v) is 5.09. The Morgan fingerprint density at radius 3 is 2.32 bits per heavy atom. The summed E-state index contributed by atoms with van der Waals surface area (Å²) in [5.41, 5.74) is 8.11. The van der Waals surface area contributed by atoms with Crippen LogP contribution in [0, 0.1) is 0 Å². The van der Waals surface area contributed by atoms with Crippen LogP contribution in [0.2, 0.25) is 0 Å². The molecule has 1 amide bonds. The lowest BCUT2D eigenvalue weighted by atomic mass is 9.94. The molecule has 3 heterocycles. The van der Waals surface area contributed by atoms with Crippen LogP contribution in [0.5, 0.6) is 17.2 Å². The van der Waals surface area contributed by atoms with Gasteiger partial charge in [-0.25, -0.2) is 4.68 Å². The third-order valence-electron chi connectivity index (χ3n) is 5.09. The number of pyridine rings is 1. The number of ether oxygens (including phenoxy) is 3. The number of amides is 1. The van der Waals surface area contributed by atoms with E-state index in [1.165, 1.54) is 21.3 Å². The summed E-state index contributed by atoms with van der Waals surface area (Å²) in [4.78, 5) is 21.1. The van der Waals surface area contributed by atoms with Crippen LogP contribution in [0.3, 0.4) is 0 Å².